The molecular formula is C19H22FN3O2. The van der Waals surface area contributed by atoms with Gasteiger partial charge in [-0.3, -0.25) is 14.7 Å². The van der Waals surface area contributed by atoms with E-state index in [2.05, 4.69) is 9.88 Å². The minimum absolute atomic E-state index is 0.252. The predicted octanol–water partition coefficient (Wildman–Crippen LogP) is 2.75. The largest absolute Gasteiger partial charge is 0.480 e. The quantitative estimate of drug-likeness (QED) is 0.925. The molecule has 1 saturated carbocycles. The van der Waals surface area contributed by atoms with Gasteiger partial charge in [0.15, 0.2) is 0 Å². The van der Waals surface area contributed by atoms with Crippen molar-refractivity contribution < 1.29 is 14.3 Å². The first-order valence-corrected chi connectivity index (χ1v) is 8.62. The lowest BCUT2D eigenvalue weighted by Gasteiger charge is -2.61. The lowest BCUT2D eigenvalue weighted by Crippen LogP contribution is -2.68. The van der Waals surface area contributed by atoms with Crippen molar-refractivity contribution in [3.8, 4) is 0 Å². The number of anilines is 1. The smallest absolute Gasteiger partial charge is 0.320 e. The molecule has 6 heteroatoms. The van der Waals surface area contributed by atoms with Crippen molar-refractivity contribution in [3.63, 3.8) is 0 Å². The average molecular weight is 343 g/mol. The van der Waals surface area contributed by atoms with E-state index in [-0.39, 0.29) is 11.2 Å². The van der Waals surface area contributed by atoms with Crippen LogP contribution in [0, 0.1) is 11.2 Å². The van der Waals surface area contributed by atoms with E-state index in [0.29, 0.717) is 6.04 Å². The molecule has 1 N–H and O–H groups in total. The van der Waals surface area contributed by atoms with E-state index in [9.17, 15) is 9.18 Å². The third-order valence-corrected chi connectivity index (χ3v) is 5.93. The summed E-state index contributed by atoms with van der Waals surface area (Å²) in [6.45, 7) is 3.46. The van der Waals surface area contributed by atoms with Gasteiger partial charge in [0, 0.05) is 43.4 Å². The molecule has 25 heavy (non-hydrogen) atoms. The molecule has 2 heterocycles. The minimum Gasteiger partial charge on any atom is -0.480 e. The zero-order chi connectivity index (χ0) is 17.8. The fraction of sp³-hybridized carbons (Fsp3) is 0.474. The molecule has 1 unspecified atom stereocenters. The summed E-state index contributed by atoms with van der Waals surface area (Å²) in [6, 6.07) is 6.62. The maximum Gasteiger partial charge on any atom is 0.320 e. The van der Waals surface area contributed by atoms with Crippen molar-refractivity contribution in [1.29, 1.82) is 0 Å². The monoisotopic (exact) mass is 343 g/mol. The van der Waals surface area contributed by atoms with Crippen molar-refractivity contribution in [1.82, 2.24) is 9.88 Å². The highest BCUT2D eigenvalue weighted by atomic mass is 19.1. The van der Waals surface area contributed by atoms with Crippen LogP contribution >= 0.6 is 0 Å². The van der Waals surface area contributed by atoms with Crippen molar-refractivity contribution in [2.45, 2.75) is 31.8 Å². The second-order valence-corrected chi connectivity index (χ2v) is 7.58. The summed E-state index contributed by atoms with van der Waals surface area (Å²) in [6.07, 6.45) is 3.86. The number of nitrogens with zero attached hydrogens (tertiary/aromatic N) is 3. The van der Waals surface area contributed by atoms with Crippen LogP contribution in [0.15, 0.2) is 30.5 Å². The van der Waals surface area contributed by atoms with Gasteiger partial charge >= 0.3 is 5.97 Å². The van der Waals surface area contributed by atoms with Gasteiger partial charge in [0.25, 0.3) is 0 Å². The van der Waals surface area contributed by atoms with E-state index < -0.39 is 12.0 Å². The zero-order valence-corrected chi connectivity index (χ0v) is 14.4. The predicted molar refractivity (Wildman–Crippen MR) is 94.2 cm³/mol. The Hall–Kier alpha value is -2.21. The number of fused-ring (bicyclic) bond motifs is 1. The summed E-state index contributed by atoms with van der Waals surface area (Å²) in [5.41, 5.74) is 2.06. The van der Waals surface area contributed by atoms with Gasteiger partial charge in [0.05, 0.1) is 5.52 Å². The molecule has 2 aromatic rings. The second kappa shape index (κ2) is 5.66. The second-order valence-electron chi connectivity index (χ2n) is 7.58. The number of rotatable bonds is 4. The Kier molecular flexibility index (Phi) is 3.68. The number of carboxylic acids is 1. The van der Waals surface area contributed by atoms with Crippen LogP contribution in [-0.4, -0.2) is 53.2 Å². The summed E-state index contributed by atoms with van der Waals surface area (Å²) >= 11 is 0. The summed E-state index contributed by atoms with van der Waals surface area (Å²) < 4.78 is 13.6. The molecule has 1 aliphatic carbocycles. The number of hydrogen-bond donors (Lipinski definition) is 1. The van der Waals surface area contributed by atoms with Gasteiger partial charge in [0.1, 0.15) is 11.9 Å². The molecule has 1 saturated heterocycles. The van der Waals surface area contributed by atoms with Crippen LogP contribution in [-0.2, 0) is 4.79 Å². The fourth-order valence-corrected chi connectivity index (χ4v) is 4.33. The van der Waals surface area contributed by atoms with Gasteiger partial charge in [-0.2, -0.15) is 0 Å². The van der Waals surface area contributed by atoms with E-state index in [1.807, 2.05) is 18.0 Å². The molecule has 1 aromatic carbocycles. The molecule has 0 amide bonds. The number of aliphatic carboxylic acids is 1. The third-order valence-electron chi connectivity index (χ3n) is 5.93. The van der Waals surface area contributed by atoms with Gasteiger partial charge < -0.3 is 10.0 Å². The number of hydrogen-bond acceptors (Lipinski definition) is 4. The van der Waals surface area contributed by atoms with Crippen LogP contribution in [0.1, 0.15) is 19.8 Å². The fourth-order valence-electron chi connectivity index (χ4n) is 4.33. The number of benzene rings is 1. The molecule has 1 aromatic heterocycles. The Bertz CT molecular complexity index is 827. The number of aromatic nitrogens is 1. The molecule has 1 spiro atoms. The van der Waals surface area contributed by atoms with Crippen LogP contribution in [0.25, 0.3) is 10.9 Å². The number of carbonyl (C=O) groups is 1. The van der Waals surface area contributed by atoms with E-state index in [1.165, 1.54) is 6.07 Å². The molecule has 1 aliphatic heterocycles. The molecule has 2 fully saturated rings. The topological polar surface area (TPSA) is 56.7 Å². The summed E-state index contributed by atoms with van der Waals surface area (Å²) in [5.74, 6) is -1.01. The number of halogens is 1. The Morgan fingerprint density at radius 1 is 1.40 bits per heavy atom. The van der Waals surface area contributed by atoms with Crippen LogP contribution in [0.4, 0.5) is 10.1 Å². The van der Waals surface area contributed by atoms with E-state index >= 15 is 0 Å². The zero-order valence-electron chi connectivity index (χ0n) is 14.4. The van der Waals surface area contributed by atoms with Crippen molar-refractivity contribution in [2.75, 3.05) is 25.0 Å². The van der Waals surface area contributed by atoms with Crippen LogP contribution in [0.2, 0.25) is 0 Å². The first kappa shape index (κ1) is 16.3. The van der Waals surface area contributed by atoms with Crippen LogP contribution < -0.4 is 4.90 Å². The Morgan fingerprint density at radius 2 is 2.12 bits per heavy atom. The van der Waals surface area contributed by atoms with Gasteiger partial charge in [-0.25, -0.2) is 4.39 Å². The van der Waals surface area contributed by atoms with Gasteiger partial charge in [-0.15, -0.1) is 0 Å². The molecule has 2 aliphatic rings. The highest BCUT2D eigenvalue weighted by Crippen LogP contribution is 2.51. The standard InChI is InChI=1S/C19H22FN3O2/c1-12(18(24)25)23-10-19(11-23)8-14(9-19)22(2)17-5-6-21-16-4-3-13(20)7-15(16)17/h3-7,12,14H,8-11H2,1-2H3,(H,24,25). The average Bonchev–Trinajstić information content (AvgIpc) is 2.51. The van der Waals surface area contributed by atoms with Crippen molar-refractivity contribution >= 4 is 22.6 Å². The molecule has 1 atom stereocenters. The van der Waals surface area contributed by atoms with E-state index in [4.69, 9.17) is 5.11 Å². The molecule has 0 bridgehead atoms. The summed E-state index contributed by atoms with van der Waals surface area (Å²) in [4.78, 5) is 19.6. The SMILES string of the molecule is CC(C(=O)O)N1CC2(CC(N(C)c3ccnc4ccc(F)cc34)C2)C1. The van der Waals surface area contributed by atoms with Crippen molar-refractivity contribution in [2.24, 2.45) is 5.41 Å². The first-order chi connectivity index (χ1) is 11.9. The third kappa shape index (κ3) is 2.65. The highest BCUT2D eigenvalue weighted by Gasteiger charge is 2.54. The van der Waals surface area contributed by atoms with Gasteiger partial charge in [0.2, 0.25) is 0 Å². The van der Waals surface area contributed by atoms with Gasteiger partial charge in [-0.1, -0.05) is 0 Å². The molecule has 4 rings (SSSR count). The molecule has 132 valence electrons. The van der Waals surface area contributed by atoms with Crippen molar-refractivity contribution in [3.05, 3.63) is 36.3 Å². The molecular weight excluding hydrogens is 321 g/mol. The normalized spacial score (nSPS) is 20.9. The summed E-state index contributed by atoms with van der Waals surface area (Å²) in [7, 11) is 2.05. The highest BCUT2D eigenvalue weighted by molar-refractivity contribution is 5.91. The van der Waals surface area contributed by atoms with Crippen LogP contribution in [0.5, 0.6) is 0 Å². The molecule has 5 nitrogen and oxygen atoms in total. The number of pyridine rings is 1. The number of likely N-dealkylation sites (tertiary alicyclic amines) is 1. The van der Waals surface area contributed by atoms with E-state index in [1.54, 1.807) is 25.3 Å². The maximum atomic E-state index is 13.6. The minimum atomic E-state index is -0.756. The Morgan fingerprint density at radius 3 is 2.80 bits per heavy atom. The lowest BCUT2D eigenvalue weighted by atomic mass is 9.60. The van der Waals surface area contributed by atoms with E-state index in [0.717, 1.165) is 42.5 Å². The van der Waals surface area contributed by atoms with Crippen LogP contribution in [0.3, 0.4) is 0 Å². The Balaban J connectivity index is 1.46. The maximum absolute atomic E-state index is 13.6. The lowest BCUT2D eigenvalue weighted by molar-refractivity contribution is -0.153. The summed E-state index contributed by atoms with van der Waals surface area (Å²) in [5, 5.41) is 9.94. The van der Waals surface area contributed by atoms with Gasteiger partial charge in [-0.05, 0) is 49.4 Å². The first-order valence-electron chi connectivity index (χ1n) is 8.62. The molecule has 0 radical (unpaired) electrons. The number of carboxylic acid groups (broad SMARTS) is 1. The Labute approximate surface area is 146 Å².